The van der Waals surface area contributed by atoms with E-state index in [9.17, 15) is 14.9 Å². The van der Waals surface area contributed by atoms with Gasteiger partial charge in [-0.1, -0.05) is 11.6 Å². The monoisotopic (exact) mass is 389 g/mol. The number of nitro groups is 1. The number of non-ortho nitro benzene ring substituents is 1. The Kier molecular flexibility index (Phi) is 5.93. The number of nitrogens with zero attached hydrogens (tertiary/aromatic N) is 2. The number of carbonyl (C=O) groups is 1. The number of anilines is 1. The second kappa shape index (κ2) is 8.37. The Morgan fingerprint density at radius 1 is 1.22 bits per heavy atom. The molecule has 3 rings (SSSR count). The fourth-order valence-corrected chi connectivity index (χ4v) is 3.17. The van der Waals surface area contributed by atoms with Crippen LogP contribution in [0.4, 0.5) is 11.4 Å². The minimum Gasteiger partial charge on any atom is -0.490 e. The summed E-state index contributed by atoms with van der Waals surface area (Å²) in [5, 5.41) is 13.5. The van der Waals surface area contributed by atoms with Crippen molar-refractivity contribution >= 4 is 28.9 Å². The fraction of sp³-hybridized carbons (Fsp3) is 0.316. The van der Waals surface area contributed by atoms with E-state index >= 15 is 0 Å². The van der Waals surface area contributed by atoms with Crippen LogP contribution in [0.25, 0.3) is 0 Å². The summed E-state index contributed by atoms with van der Waals surface area (Å²) in [5.41, 5.74) is 0.603. The van der Waals surface area contributed by atoms with Gasteiger partial charge in [0.25, 0.3) is 11.6 Å². The van der Waals surface area contributed by atoms with E-state index < -0.39 is 10.8 Å². The molecule has 2 aromatic rings. The van der Waals surface area contributed by atoms with Crippen molar-refractivity contribution in [2.24, 2.45) is 0 Å². The van der Waals surface area contributed by atoms with Gasteiger partial charge in [-0.25, -0.2) is 0 Å². The molecular weight excluding hydrogens is 370 g/mol. The van der Waals surface area contributed by atoms with Crippen LogP contribution in [-0.4, -0.2) is 42.0 Å². The Morgan fingerprint density at radius 2 is 1.89 bits per heavy atom. The molecule has 0 unspecified atom stereocenters. The Balaban J connectivity index is 1.61. The highest BCUT2D eigenvalue weighted by atomic mass is 35.5. The number of piperidine rings is 1. The van der Waals surface area contributed by atoms with Crippen LogP contribution in [0, 0.1) is 10.1 Å². The number of hydrogen-bond donors (Lipinski definition) is 1. The Labute approximate surface area is 162 Å². The van der Waals surface area contributed by atoms with Crippen molar-refractivity contribution in [3.63, 3.8) is 0 Å². The summed E-state index contributed by atoms with van der Waals surface area (Å²) in [6.07, 6.45) is 2.20. The van der Waals surface area contributed by atoms with Crippen molar-refractivity contribution in [2.75, 3.05) is 25.5 Å². The molecule has 1 fully saturated rings. The van der Waals surface area contributed by atoms with E-state index in [2.05, 4.69) is 17.3 Å². The fourth-order valence-electron chi connectivity index (χ4n) is 2.91. The van der Waals surface area contributed by atoms with Gasteiger partial charge in [-0.05, 0) is 50.2 Å². The predicted molar refractivity (Wildman–Crippen MR) is 104 cm³/mol. The van der Waals surface area contributed by atoms with Crippen molar-refractivity contribution in [1.82, 2.24) is 4.90 Å². The third kappa shape index (κ3) is 4.96. The molecule has 1 amide bonds. The summed E-state index contributed by atoms with van der Waals surface area (Å²) in [6, 6.07) is 10.9. The van der Waals surface area contributed by atoms with Gasteiger partial charge >= 0.3 is 0 Å². The summed E-state index contributed by atoms with van der Waals surface area (Å²) in [5.74, 6) is 0.329. The number of nitro benzene ring substituents is 1. The maximum atomic E-state index is 12.3. The molecule has 1 saturated heterocycles. The lowest BCUT2D eigenvalue weighted by atomic mass is 10.1. The van der Waals surface area contributed by atoms with Gasteiger partial charge in [0.05, 0.1) is 15.5 Å². The quantitative estimate of drug-likeness (QED) is 0.617. The van der Waals surface area contributed by atoms with E-state index in [0.29, 0.717) is 5.69 Å². The number of ether oxygens (including phenoxy) is 1. The molecule has 8 heteroatoms. The van der Waals surface area contributed by atoms with Gasteiger partial charge in [-0.2, -0.15) is 0 Å². The van der Waals surface area contributed by atoms with Gasteiger partial charge in [0, 0.05) is 30.9 Å². The lowest BCUT2D eigenvalue weighted by Crippen LogP contribution is -2.35. The smallest absolute Gasteiger partial charge is 0.270 e. The summed E-state index contributed by atoms with van der Waals surface area (Å²) in [7, 11) is 2.10. The number of likely N-dealkylation sites (tertiary alicyclic amines) is 1. The van der Waals surface area contributed by atoms with Crippen molar-refractivity contribution in [3.05, 3.63) is 63.2 Å². The number of hydrogen-bond acceptors (Lipinski definition) is 5. The van der Waals surface area contributed by atoms with Crippen LogP contribution >= 0.6 is 11.6 Å². The first kappa shape index (κ1) is 19.1. The summed E-state index contributed by atoms with van der Waals surface area (Å²) < 4.78 is 5.98. The molecule has 0 bridgehead atoms. The lowest BCUT2D eigenvalue weighted by Gasteiger charge is -2.29. The Morgan fingerprint density at radius 3 is 2.48 bits per heavy atom. The largest absolute Gasteiger partial charge is 0.490 e. The average Bonchev–Trinajstić information content (AvgIpc) is 2.65. The zero-order chi connectivity index (χ0) is 19.4. The number of nitrogens with one attached hydrogen (secondary N) is 1. The molecule has 1 aliphatic rings. The van der Waals surface area contributed by atoms with Crippen LogP contribution in [0.5, 0.6) is 5.75 Å². The van der Waals surface area contributed by atoms with E-state index in [1.54, 1.807) is 12.1 Å². The zero-order valence-corrected chi connectivity index (χ0v) is 15.6. The van der Waals surface area contributed by atoms with E-state index in [1.165, 1.54) is 12.1 Å². The summed E-state index contributed by atoms with van der Waals surface area (Å²) in [4.78, 5) is 24.8. The van der Waals surface area contributed by atoms with Gasteiger partial charge in [-0.15, -0.1) is 0 Å². The van der Waals surface area contributed by atoms with Crippen LogP contribution < -0.4 is 10.1 Å². The molecule has 27 heavy (non-hydrogen) atoms. The van der Waals surface area contributed by atoms with Crippen molar-refractivity contribution in [3.8, 4) is 5.75 Å². The molecule has 0 atom stereocenters. The van der Waals surface area contributed by atoms with E-state index in [0.717, 1.165) is 37.7 Å². The number of benzene rings is 2. The van der Waals surface area contributed by atoms with Crippen LogP contribution in [-0.2, 0) is 0 Å². The molecule has 0 aromatic heterocycles. The first-order valence-corrected chi connectivity index (χ1v) is 9.01. The zero-order valence-electron chi connectivity index (χ0n) is 14.9. The highest BCUT2D eigenvalue weighted by Gasteiger charge is 2.18. The maximum absolute atomic E-state index is 12.3. The minimum absolute atomic E-state index is 0.0314. The normalized spacial score (nSPS) is 15.3. The van der Waals surface area contributed by atoms with Crippen molar-refractivity contribution in [1.29, 1.82) is 0 Å². The second-order valence-corrected chi connectivity index (χ2v) is 6.93. The predicted octanol–water partition coefficient (Wildman–Crippen LogP) is 3.97. The Hall–Kier alpha value is -2.64. The summed E-state index contributed by atoms with van der Waals surface area (Å²) >= 11 is 5.99. The maximum Gasteiger partial charge on any atom is 0.270 e. The third-order valence-electron chi connectivity index (χ3n) is 4.49. The SMILES string of the molecule is CN1CCC(Oc2ccc(NC(=O)c3ccc([N+](=O)[O-])cc3Cl)cc2)CC1. The topological polar surface area (TPSA) is 84.7 Å². The second-order valence-electron chi connectivity index (χ2n) is 6.52. The summed E-state index contributed by atoms with van der Waals surface area (Å²) in [6.45, 7) is 2.05. The van der Waals surface area contributed by atoms with Gasteiger partial charge in [0.2, 0.25) is 0 Å². The van der Waals surface area contributed by atoms with Gasteiger partial charge in [0.1, 0.15) is 11.9 Å². The van der Waals surface area contributed by atoms with Gasteiger partial charge in [0.15, 0.2) is 0 Å². The molecule has 0 saturated carbocycles. The molecule has 142 valence electrons. The minimum atomic E-state index is -0.559. The number of carbonyl (C=O) groups excluding carboxylic acids is 1. The third-order valence-corrected chi connectivity index (χ3v) is 4.80. The van der Waals surface area contributed by atoms with E-state index in [4.69, 9.17) is 16.3 Å². The van der Waals surface area contributed by atoms with Crippen LogP contribution in [0.2, 0.25) is 5.02 Å². The van der Waals surface area contributed by atoms with Crippen molar-refractivity contribution in [2.45, 2.75) is 18.9 Å². The number of amides is 1. The van der Waals surface area contributed by atoms with Crippen molar-refractivity contribution < 1.29 is 14.5 Å². The number of rotatable bonds is 5. The van der Waals surface area contributed by atoms with E-state index in [-0.39, 0.29) is 22.4 Å². The molecule has 2 aromatic carbocycles. The molecule has 1 aliphatic heterocycles. The molecule has 0 spiro atoms. The lowest BCUT2D eigenvalue weighted by molar-refractivity contribution is -0.384. The molecule has 1 N–H and O–H groups in total. The first-order chi connectivity index (χ1) is 12.9. The molecule has 1 heterocycles. The highest BCUT2D eigenvalue weighted by Crippen LogP contribution is 2.25. The molecular formula is C19H20ClN3O4. The van der Waals surface area contributed by atoms with Crippen LogP contribution in [0.3, 0.4) is 0 Å². The molecule has 0 aliphatic carbocycles. The molecule has 0 radical (unpaired) electrons. The van der Waals surface area contributed by atoms with Crippen LogP contribution in [0.1, 0.15) is 23.2 Å². The molecule has 7 nitrogen and oxygen atoms in total. The average molecular weight is 390 g/mol. The van der Waals surface area contributed by atoms with Crippen LogP contribution in [0.15, 0.2) is 42.5 Å². The van der Waals surface area contributed by atoms with E-state index in [1.807, 2.05) is 12.1 Å². The standard InChI is InChI=1S/C19H20ClN3O4/c1-22-10-8-16(9-11-22)27-15-5-2-13(3-6-15)21-19(24)17-7-4-14(23(25)26)12-18(17)20/h2-7,12,16H,8-11H2,1H3,(H,21,24). The first-order valence-electron chi connectivity index (χ1n) is 8.63. The van der Waals surface area contributed by atoms with Gasteiger partial charge < -0.3 is 15.0 Å². The highest BCUT2D eigenvalue weighted by molar-refractivity contribution is 6.34. The Bertz CT molecular complexity index is 833. The van der Waals surface area contributed by atoms with Gasteiger partial charge in [-0.3, -0.25) is 14.9 Å². The number of halogens is 1.